The summed E-state index contributed by atoms with van der Waals surface area (Å²) in [4.78, 5) is 24.3. The number of benzene rings is 2. The number of thioether (sulfide) groups is 1. The zero-order valence-corrected chi connectivity index (χ0v) is 18.0. The molecule has 0 bridgehead atoms. The summed E-state index contributed by atoms with van der Waals surface area (Å²) in [5, 5.41) is 0.685. The van der Waals surface area contributed by atoms with Gasteiger partial charge in [-0.15, -0.1) is 0 Å². The van der Waals surface area contributed by atoms with Crippen LogP contribution in [-0.2, 0) is 4.79 Å². The van der Waals surface area contributed by atoms with Crippen molar-refractivity contribution in [2.75, 3.05) is 45.1 Å². The molecule has 1 fully saturated rings. The number of carbonyl (C=O) groups is 1. The number of hydrogen-bond donors (Lipinski definition) is 1. The van der Waals surface area contributed by atoms with Gasteiger partial charge in [0.15, 0.2) is 5.16 Å². The first-order chi connectivity index (χ1) is 15.2. The topological polar surface area (TPSA) is 61.5 Å². The van der Waals surface area contributed by atoms with Crippen molar-refractivity contribution in [2.24, 2.45) is 0 Å². The summed E-state index contributed by atoms with van der Waals surface area (Å²) >= 11 is 1.39. The monoisotopic (exact) mass is 440 g/mol. The van der Waals surface area contributed by atoms with Gasteiger partial charge in [0.2, 0.25) is 5.91 Å². The molecule has 0 radical (unpaired) electrons. The van der Waals surface area contributed by atoms with Gasteiger partial charge in [-0.25, -0.2) is 9.37 Å². The van der Waals surface area contributed by atoms with Gasteiger partial charge >= 0.3 is 0 Å². The average Bonchev–Trinajstić information content (AvgIpc) is 3.28. The highest BCUT2D eigenvalue weighted by molar-refractivity contribution is 7.99. The van der Waals surface area contributed by atoms with Crippen molar-refractivity contribution >= 4 is 17.7 Å². The Morgan fingerprint density at radius 1 is 1.06 bits per heavy atom. The molecule has 2 aromatic carbocycles. The van der Waals surface area contributed by atoms with Crippen molar-refractivity contribution in [3.05, 3.63) is 66.6 Å². The standard InChI is InChI=1S/C23H25FN4O2S/c24-19-8-6-18(7-9-19)21-16-25-23(26-21)31-17-22(29)28-12-10-27(11-13-28)14-15-30-20-4-2-1-3-5-20/h1-9,16H,10-15,17H2,(H,25,26). The van der Waals surface area contributed by atoms with Gasteiger partial charge in [0.25, 0.3) is 0 Å². The molecule has 2 heterocycles. The molecule has 1 aliphatic rings. The number of para-hydroxylation sites is 1. The fourth-order valence-corrected chi connectivity index (χ4v) is 4.16. The van der Waals surface area contributed by atoms with Crippen molar-refractivity contribution in [1.29, 1.82) is 0 Å². The fraction of sp³-hybridized carbons (Fsp3) is 0.304. The predicted molar refractivity (Wildman–Crippen MR) is 120 cm³/mol. The molecule has 0 saturated carbocycles. The molecule has 1 N–H and O–H groups in total. The number of hydrogen-bond acceptors (Lipinski definition) is 5. The highest BCUT2D eigenvalue weighted by atomic mass is 32.2. The Morgan fingerprint density at radius 2 is 1.81 bits per heavy atom. The number of nitrogens with one attached hydrogen (secondary N) is 1. The first-order valence-corrected chi connectivity index (χ1v) is 11.3. The van der Waals surface area contributed by atoms with Crippen LogP contribution in [0.25, 0.3) is 11.3 Å². The third-order valence-electron chi connectivity index (χ3n) is 5.18. The molecule has 0 spiro atoms. The number of rotatable bonds is 8. The molecule has 8 heteroatoms. The highest BCUT2D eigenvalue weighted by Gasteiger charge is 2.21. The van der Waals surface area contributed by atoms with Gasteiger partial charge in [-0.1, -0.05) is 30.0 Å². The Kier molecular flexibility index (Phi) is 7.22. The lowest BCUT2D eigenvalue weighted by atomic mass is 10.2. The molecule has 0 atom stereocenters. The van der Waals surface area contributed by atoms with E-state index in [9.17, 15) is 9.18 Å². The number of amides is 1. The first-order valence-electron chi connectivity index (χ1n) is 10.3. The third kappa shape index (κ3) is 6.08. The number of aromatic nitrogens is 2. The zero-order valence-electron chi connectivity index (χ0n) is 17.2. The Hall–Kier alpha value is -2.84. The van der Waals surface area contributed by atoms with Crippen molar-refractivity contribution in [3.63, 3.8) is 0 Å². The second-order valence-electron chi connectivity index (χ2n) is 7.28. The first kappa shape index (κ1) is 21.4. The SMILES string of the molecule is O=C(CSc1ncc(-c2ccc(F)cc2)[nH]1)N1CCN(CCOc2ccccc2)CC1. The maximum absolute atomic E-state index is 13.1. The largest absolute Gasteiger partial charge is 0.492 e. The van der Waals surface area contributed by atoms with Crippen LogP contribution in [0, 0.1) is 5.82 Å². The van der Waals surface area contributed by atoms with Gasteiger partial charge in [0.05, 0.1) is 17.6 Å². The van der Waals surface area contributed by atoms with Gasteiger partial charge in [0, 0.05) is 32.7 Å². The Morgan fingerprint density at radius 3 is 2.55 bits per heavy atom. The van der Waals surface area contributed by atoms with Crippen LogP contribution in [0.1, 0.15) is 0 Å². The number of H-pyrrole nitrogens is 1. The number of halogens is 1. The fourth-order valence-electron chi connectivity index (χ4n) is 3.40. The van der Waals surface area contributed by atoms with E-state index in [4.69, 9.17) is 4.74 Å². The van der Waals surface area contributed by atoms with E-state index in [2.05, 4.69) is 14.9 Å². The van der Waals surface area contributed by atoms with Crippen LogP contribution < -0.4 is 4.74 Å². The maximum Gasteiger partial charge on any atom is 0.233 e. The van der Waals surface area contributed by atoms with Crippen molar-refractivity contribution in [2.45, 2.75) is 5.16 Å². The normalized spacial score (nSPS) is 14.5. The van der Waals surface area contributed by atoms with Crippen LogP contribution in [0.3, 0.4) is 0 Å². The molecular formula is C23H25FN4O2S. The van der Waals surface area contributed by atoms with Crippen molar-refractivity contribution < 1.29 is 13.9 Å². The van der Waals surface area contributed by atoms with Gasteiger partial charge in [-0.05, 0) is 42.0 Å². The molecule has 0 unspecified atom stereocenters. The minimum absolute atomic E-state index is 0.116. The molecule has 6 nitrogen and oxygen atoms in total. The van der Waals surface area contributed by atoms with Crippen LogP contribution in [0.2, 0.25) is 0 Å². The summed E-state index contributed by atoms with van der Waals surface area (Å²) < 4.78 is 18.8. The summed E-state index contributed by atoms with van der Waals surface area (Å²) in [6.45, 7) is 4.65. The lowest BCUT2D eigenvalue weighted by Gasteiger charge is -2.34. The smallest absolute Gasteiger partial charge is 0.233 e. The van der Waals surface area contributed by atoms with Crippen LogP contribution in [0.5, 0.6) is 5.75 Å². The Labute approximate surface area is 185 Å². The molecule has 4 rings (SSSR count). The molecular weight excluding hydrogens is 415 g/mol. The van der Waals surface area contributed by atoms with E-state index in [1.54, 1.807) is 18.3 Å². The Balaban J connectivity index is 1.17. The number of carbonyl (C=O) groups excluding carboxylic acids is 1. The predicted octanol–water partition coefficient (Wildman–Crippen LogP) is 3.53. The van der Waals surface area contributed by atoms with E-state index in [1.807, 2.05) is 35.2 Å². The zero-order chi connectivity index (χ0) is 21.5. The van der Waals surface area contributed by atoms with Crippen molar-refractivity contribution in [3.8, 4) is 17.0 Å². The number of imidazole rings is 1. The van der Waals surface area contributed by atoms with E-state index >= 15 is 0 Å². The van der Waals surface area contributed by atoms with E-state index < -0.39 is 0 Å². The minimum atomic E-state index is -0.271. The minimum Gasteiger partial charge on any atom is -0.492 e. The average molecular weight is 441 g/mol. The summed E-state index contributed by atoms with van der Waals surface area (Å²) in [7, 11) is 0. The van der Waals surface area contributed by atoms with E-state index in [0.29, 0.717) is 17.5 Å². The van der Waals surface area contributed by atoms with Gasteiger partial charge in [-0.2, -0.15) is 0 Å². The molecule has 1 amide bonds. The van der Waals surface area contributed by atoms with E-state index in [0.717, 1.165) is 49.7 Å². The van der Waals surface area contributed by atoms with Crippen molar-refractivity contribution in [1.82, 2.24) is 19.8 Å². The van der Waals surface area contributed by atoms with Gasteiger partial charge in [0.1, 0.15) is 18.2 Å². The summed E-state index contributed by atoms with van der Waals surface area (Å²) in [6.07, 6.45) is 1.70. The van der Waals surface area contributed by atoms with E-state index in [1.165, 1.54) is 23.9 Å². The van der Waals surface area contributed by atoms with Crippen LogP contribution in [0.15, 0.2) is 66.0 Å². The van der Waals surface area contributed by atoms with Crippen LogP contribution >= 0.6 is 11.8 Å². The maximum atomic E-state index is 13.1. The van der Waals surface area contributed by atoms with Crippen LogP contribution in [0.4, 0.5) is 4.39 Å². The number of ether oxygens (including phenoxy) is 1. The second-order valence-corrected chi connectivity index (χ2v) is 8.25. The molecule has 162 valence electrons. The number of piperazine rings is 1. The van der Waals surface area contributed by atoms with Gasteiger partial charge in [-0.3, -0.25) is 9.69 Å². The second kappa shape index (κ2) is 10.5. The van der Waals surface area contributed by atoms with Crippen LogP contribution in [-0.4, -0.2) is 70.8 Å². The molecule has 1 aliphatic heterocycles. The highest BCUT2D eigenvalue weighted by Crippen LogP contribution is 2.22. The number of nitrogens with zero attached hydrogens (tertiary/aromatic N) is 3. The Bertz CT molecular complexity index is 973. The third-order valence-corrected chi connectivity index (χ3v) is 6.06. The molecule has 1 aromatic heterocycles. The van der Waals surface area contributed by atoms with Gasteiger partial charge < -0.3 is 14.6 Å². The summed E-state index contributed by atoms with van der Waals surface area (Å²) in [5.41, 5.74) is 1.67. The molecule has 0 aliphatic carbocycles. The summed E-state index contributed by atoms with van der Waals surface area (Å²) in [5.74, 6) is 1.07. The molecule has 1 saturated heterocycles. The lowest BCUT2D eigenvalue weighted by molar-refractivity contribution is -0.130. The molecule has 31 heavy (non-hydrogen) atoms. The quantitative estimate of drug-likeness (QED) is 0.543. The number of aromatic amines is 1. The summed E-state index contributed by atoms with van der Waals surface area (Å²) in [6, 6.07) is 16.0. The molecule has 3 aromatic rings. The lowest BCUT2D eigenvalue weighted by Crippen LogP contribution is -2.50. The van der Waals surface area contributed by atoms with E-state index in [-0.39, 0.29) is 11.7 Å².